The smallest absolute Gasteiger partial charge is 0.434 e. The van der Waals surface area contributed by atoms with Crippen LogP contribution in [0.2, 0.25) is 0 Å². The number of aliphatic hydroxyl groups is 1. The highest BCUT2D eigenvalue weighted by atomic mass is 19.4. The maximum Gasteiger partial charge on any atom is 0.434 e. The third-order valence-electron chi connectivity index (χ3n) is 6.52. The van der Waals surface area contributed by atoms with Crippen LogP contribution >= 0.6 is 0 Å². The number of benzene rings is 1. The molecule has 0 unspecified atom stereocenters. The van der Waals surface area contributed by atoms with Crippen molar-refractivity contribution in [2.45, 2.75) is 51.6 Å². The molecule has 4 rings (SSSR count). The van der Waals surface area contributed by atoms with Crippen molar-refractivity contribution in [1.82, 2.24) is 15.3 Å². The largest absolute Gasteiger partial charge is 0.444 e. The van der Waals surface area contributed by atoms with E-state index in [1.165, 1.54) is 0 Å². The van der Waals surface area contributed by atoms with E-state index < -0.39 is 42.1 Å². The highest BCUT2D eigenvalue weighted by Gasteiger charge is 2.40. The first-order chi connectivity index (χ1) is 17.1. The molecule has 3 heterocycles. The summed E-state index contributed by atoms with van der Waals surface area (Å²) in [5.74, 6) is -1.32. The molecule has 0 bridgehead atoms. The lowest BCUT2D eigenvalue weighted by molar-refractivity contribution is -0.141. The minimum Gasteiger partial charge on any atom is -0.444 e. The van der Waals surface area contributed by atoms with Gasteiger partial charge in [0.25, 0.3) is 5.91 Å². The van der Waals surface area contributed by atoms with E-state index in [1.807, 2.05) is 24.3 Å². The van der Waals surface area contributed by atoms with Crippen LogP contribution in [0.3, 0.4) is 0 Å². The van der Waals surface area contributed by atoms with Crippen LogP contribution in [-0.4, -0.2) is 58.9 Å². The van der Waals surface area contributed by atoms with E-state index in [0.29, 0.717) is 25.9 Å². The Kier molecular flexibility index (Phi) is 7.34. The molecule has 36 heavy (non-hydrogen) atoms. The molecule has 9 nitrogen and oxygen atoms in total. The number of carbonyl (C=O) groups excluding carboxylic acids is 2. The standard InChI is InChI=1S/C24H28F3N5O4/c1-14(2)18(12-33)29-21(34)17-11-28-22(30-20(17)24(25,26)27)31-9-7-16(8-10-31)32-19-6-4-3-5-15(19)13-36-23(32)35/h3-6,11,14,16,18,33H,7-10,12-13H2,1-2H3,(H,29,34)/t18-/m0/s1. The van der Waals surface area contributed by atoms with Crippen molar-refractivity contribution in [3.05, 3.63) is 47.3 Å². The average molecular weight is 508 g/mol. The summed E-state index contributed by atoms with van der Waals surface area (Å²) in [6, 6.07) is 6.56. The first-order valence-corrected chi connectivity index (χ1v) is 11.7. The Morgan fingerprint density at radius 1 is 1.25 bits per heavy atom. The van der Waals surface area contributed by atoms with Crippen molar-refractivity contribution in [2.75, 3.05) is 29.5 Å². The van der Waals surface area contributed by atoms with Gasteiger partial charge in [0.1, 0.15) is 6.61 Å². The summed E-state index contributed by atoms with van der Waals surface area (Å²) in [7, 11) is 0. The number of cyclic esters (lactones) is 1. The maximum absolute atomic E-state index is 13.8. The SMILES string of the molecule is CC(C)[C@H](CO)NC(=O)c1cnc(N2CCC(N3C(=O)OCc4ccccc43)CC2)nc1C(F)(F)F. The Labute approximate surface area is 206 Å². The Hall–Kier alpha value is -3.41. The predicted octanol–water partition coefficient (Wildman–Crippen LogP) is 3.37. The van der Waals surface area contributed by atoms with Gasteiger partial charge in [-0.1, -0.05) is 32.0 Å². The van der Waals surface area contributed by atoms with Crippen molar-refractivity contribution < 1.29 is 32.6 Å². The van der Waals surface area contributed by atoms with Gasteiger partial charge in [0.05, 0.1) is 23.9 Å². The number of nitrogens with one attached hydrogen (secondary N) is 1. The highest BCUT2D eigenvalue weighted by molar-refractivity contribution is 5.95. The zero-order valence-electron chi connectivity index (χ0n) is 20.0. The number of alkyl halides is 3. The number of aliphatic hydroxyl groups excluding tert-OH is 1. The van der Waals surface area contributed by atoms with Crippen LogP contribution in [0.4, 0.5) is 29.6 Å². The van der Waals surface area contributed by atoms with Gasteiger partial charge in [0.15, 0.2) is 5.69 Å². The van der Waals surface area contributed by atoms with Gasteiger partial charge in [-0.25, -0.2) is 14.8 Å². The fraction of sp³-hybridized carbons (Fsp3) is 0.500. The molecule has 1 aromatic heterocycles. The molecule has 0 saturated carbocycles. The van der Waals surface area contributed by atoms with Crippen LogP contribution in [0.1, 0.15) is 48.3 Å². The molecule has 1 aromatic carbocycles. The summed E-state index contributed by atoms with van der Waals surface area (Å²) in [4.78, 5) is 36.0. The van der Waals surface area contributed by atoms with Crippen LogP contribution in [0.5, 0.6) is 0 Å². The van der Waals surface area contributed by atoms with E-state index >= 15 is 0 Å². The molecule has 0 radical (unpaired) electrons. The van der Waals surface area contributed by atoms with E-state index in [0.717, 1.165) is 17.4 Å². The van der Waals surface area contributed by atoms with Crippen molar-refractivity contribution in [3.8, 4) is 0 Å². The number of piperidine rings is 1. The number of nitrogens with zero attached hydrogens (tertiary/aromatic N) is 4. The molecule has 1 atom stereocenters. The minimum absolute atomic E-state index is 0.137. The molecule has 1 fully saturated rings. The lowest BCUT2D eigenvalue weighted by Gasteiger charge is -2.40. The number of hydrogen-bond acceptors (Lipinski definition) is 7. The van der Waals surface area contributed by atoms with Crippen molar-refractivity contribution in [2.24, 2.45) is 5.92 Å². The lowest BCUT2D eigenvalue weighted by Crippen LogP contribution is -2.50. The first-order valence-electron chi connectivity index (χ1n) is 11.7. The van der Waals surface area contributed by atoms with Gasteiger partial charge in [-0.15, -0.1) is 0 Å². The Bertz CT molecular complexity index is 1120. The third kappa shape index (κ3) is 5.23. The number of ether oxygens (including phenoxy) is 1. The molecule has 12 heteroatoms. The summed E-state index contributed by atoms with van der Waals surface area (Å²) in [5, 5.41) is 11.8. The number of para-hydroxylation sites is 1. The Balaban J connectivity index is 1.51. The molecule has 0 spiro atoms. The second-order valence-electron chi connectivity index (χ2n) is 9.21. The summed E-state index contributed by atoms with van der Waals surface area (Å²) >= 11 is 0. The fourth-order valence-electron chi connectivity index (χ4n) is 4.42. The second kappa shape index (κ2) is 10.3. The number of rotatable bonds is 6. The summed E-state index contributed by atoms with van der Waals surface area (Å²) in [5.41, 5.74) is -0.359. The number of amides is 2. The number of carbonyl (C=O) groups is 2. The Morgan fingerprint density at radius 2 is 1.94 bits per heavy atom. The van der Waals surface area contributed by atoms with Crippen molar-refractivity contribution >= 4 is 23.6 Å². The summed E-state index contributed by atoms with van der Waals surface area (Å²) < 4.78 is 46.8. The monoisotopic (exact) mass is 507 g/mol. The van der Waals surface area contributed by atoms with Crippen LogP contribution in [0, 0.1) is 5.92 Å². The average Bonchev–Trinajstić information content (AvgIpc) is 2.86. The van der Waals surface area contributed by atoms with Crippen LogP contribution in [0.25, 0.3) is 0 Å². The first kappa shape index (κ1) is 25.7. The lowest BCUT2D eigenvalue weighted by atomic mass is 10.0. The van der Waals surface area contributed by atoms with Crippen molar-refractivity contribution in [1.29, 1.82) is 0 Å². The Morgan fingerprint density at radius 3 is 2.58 bits per heavy atom. The molecule has 2 aliphatic rings. The van der Waals surface area contributed by atoms with Crippen molar-refractivity contribution in [3.63, 3.8) is 0 Å². The number of fused-ring (bicyclic) bond motifs is 1. The number of halogens is 3. The van der Waals surface area contributed by atoms with Gasteiger partial charge < -0.3 is 20.1 Å². The summed E-state index contributed by atoms with van der Waals surface area (Å²) in [6.07, 6.45) is -3.50. The zero-order valence-corrected chi connectivity index (χ0v) is 20.0. The number of hydrogen-bond donors (Lipinski definition) is 2. The van der Waals surface area contributed by atoms with E-state index in [9.17, 15) is 27.9 Å². The van der Waals surface area contributed by atoms with Gasteiger partial charge in [0.2, 0.25) is 5.95 Å². The normalized spacial score (nSPS) is 17.6. The molecule has 0 aliphatic carbocycles. The molecule has 2 amide bonds. The van der Waals surface area contributed by atoms with Crippen LogP contribution in [-0.2, 0) is 17.5 Å². The van der Waals surface area contributed by atoms with E-state index in [2.05, 4.69) is 15.3 Å². The molecular formula is C24H28F3N5O4. The topological polar surface area (TPSA) is 108 Å². The van der Waals surface area contributed by atoms with Gasteiger partial charge in [-0.3, -0.25) is 9.69 Å². The van der Waals surface area contributed by atoms with Gasteiger partial charge >= 0.3 is 12.3 Å². The molecule has 194 valence electrons. The van der Waals surface area contributed by atoms with Crippen LogP contribution < -0.4 is 15.1 Å². The van der Waals surface area contributed by atoms with Gasteiger partial charge in [0, 0.05) is 30.9 Å². The van der Waals surface area contributed by atoms with E-state index in [4.69, 9.17) is 4.74 Å². The molecular weight excluding hydrogens is 479 g/mol. The van der Waals surface area contributed by atoms with E-state index in [1.54, 1.807) is 23.6 Å². The quantitative estimate of drug-likeness (QED) is 0.617. The molecule has 2 N–H and O–H groups in total. The fourth-order valence-corrected chi connectivity index (χ4v) is 4.42. The maximum atomic E-state index is 13.8. The highest BCUT2D eigenvalue weighted by Crippen LogP contribution is 2.34. The molecule has 1 saturated heterocycles. The minimum atomic E-state index is -4.88. The molecule has 2 aromatic rings. The zero-order chi connectivity index (χ0) is 26.0. The van der Waals surface area contributed by atoms with Gasteiger partial charge in [-0.2, -0.15) is 13.2 Å². The third-order valence-corrected chi connectivity index (χ3v) is 6.52. The number of aromatic nitrogens is 2. The summed E-state index contributed by atoms with van der Waals surface area (Å²) in [6.45, 7) is 3.90. The second-order valence-corrected chi connectivity index (χ2v) is 9.21. The van der Waals surface area contributed by atoms with Gasteiger partial charge in [-0.05, 0) is 24.8 Å². The number of anilines is 2. The molecule has 2 aliphatic heterocycles. The predicted molar refractivity (Wildman–Crippen MR) is 125 cm³/mol. The van der Waals surface area contributed by atoms with Crippen LogP contribution in [0.15, 0.2) is 30.5 Å². The van der Waals surface area contributed by atoms with E-state index in [-0.39, 0.29) is 24.5 Å².